The van der Waals surface area contributed by atoms with Crippen LogP contribution in [0.15, 0.2) is 33.7 Å². The topological polar surface area (TPSA) is 88.7 Å². The van der Waals surface area contributed by atoms with E-state index < -0.39 is 0 Å². The summed E-state index contributed by atoms with van der Waals surface area (Å²) in [5, 5.41) is 5.66. The van der Waals surface area contributed by atoms with Crippen molar-refractivity contribution in [2.75, 3.05) is 25.6 Å². The van der Waals surface area contributed by atoms with Crippen LogP contribution in [-0.2, 0) is 9.53 Å². The molecule has 0 heterocycles. The molecule has 0 aliphatic carbocycles. The second-order valence-corrected chi connectivity index (χ2v) is 5.18. The van der Waals surface area contributed by atoms with Gasteiger partial charge in [0.2, 0.25) is 5.91 Å². The summed E-state index contributed by atoms with van der Waals surface area (Å²) >= 11 is 3.34. The molecule has 110 valence electrons. The molecule has 0 spiro atoms. The van der Waals surface area contributed by atoms with Gasteiger partial charge in [-0.05, 0) is 25.1 Å². The Hall–Kier alpha value is -1.60. The third-order valence-corrected chi connectivity index (χ3v) is 2.81. The van der Waals surface area contributed by atoms with Crippen LogP contribution < -0.4 is 16.4 Å². The number of hydrogen-bond acceptors (Lipinski definition) is 3. The molecule has 0 aliphatic rings. The molecule has 0 aromatic heterocycles. The lowest BCUT2D eigenvalue weighted by atomic mass is 10.3. The second-order valence-electron chi connectivity index (χ2n) is 4.26. The predicted octanol–water partition coefficient (Wildman–Crippen LogP) is 1.33. The Labute approximate surface area is 126 Å². The van der Waals surface area contributed by atoms with Crippen LogP contribution in [0.4, 0.5) is 5.69 Å². The molecular weight excluding hydrogens is 324 g/mol. The van der Waals surface area contributed by atoms with Crippen molar-refractivity contribution in [2.45, 2.75) is 13.0 Å². The van der Waals surface area contributed by atoms with Crippen LogP contribution >= 0.6 is 15.9 Å². The van der Waals surface area contributed by atoms with Crippen molar-refractivity contribution in [3.63, 3.8) is 0 Å². The van der Waals surface area contributed by atoms with E-state index in [0.717, 1.165) is 4.47 Å². The molecular formula is C13H19BrN4O2. The van der Waals surface area contributed by atoms with Crippen LogP contribution in [0.5, 0.6) is 0 Å². The highest BCUT2D eigenvalue weighted by molar-refractivity contribution is 9.10. The largest absolute Gasteiger partial charge is 0.383 e. The summed E-state index contributed by atoms with van der Waals surface area (Å²) in [6.45, 7) is 2.39. The number of aliphatic imine (C=N–C) groups is 1. The van der Waals surface area contributed by atoms with Crippen LogP contribution in [0, 0.1) is 0 Å². The number of nitrogens with one attached hydrogen (secondary N) is 2. The molecule has 1 aromatic rings. The number of halogens is 1. The molecule has 0 saturated carbocycles. The summed E-state index contributed by atoms with van der Waals surface area (Å²) in [6.07, 6.45) is 0. The molecule has 7 heteroatoms. The number of carbonyl (C=O) groups is 1. The van der Waals surface area contributed by atoms with Gasteiger partial charge < -0.3 is 21.1 Å². The third kappa shape index (κ3) is 6.53. The van der Waals surface area contributed by atoms with Crippen LogP contribution in [0.25, 0.3) is 0 Å². The molecule has 0 radical (unpaired) electrons. The van der Waals surface area contributed by atoms with E-state index in [-0.39, 0.29) is 24.5 Å². The van der Waals surface area contributed by atoms with E-state index >= 15 is 0 Å². The lowest BCUT2D eigenvalue weighted by Crippen LogP contribution is -2.41. The van der Waals surface area contributed by atoms with Gasteiger partial charge in [-0.1, -0.05) is 22.0 Å². The zero-order valence-corrected chi connectivity index (χ0v) is 13.1. The first kappa shape index (κ1) is 16.5. The van der Waals surface area contributed by atoms with Crippen molar-refractivity contribution in [1.82, 2.24) is 5.32 Å². The number of ether oxygens (including phenoxy) is 1. The van der Waals surface area contributed by atoms with E-state index in [0.29, 0.717) is 12.3 Å². The van der Waals surface area contributed by atoms with Crippen LogP contribution in [0.1, 0.15) is 6.92 Å². The standard InChI is InChI=1S/C13H19BrN4O2/c1-9(8-20-2)17-13(15)16-7-12(19)18-11-5-3-4-10(14)6-11/h3-6,9H,7-8H2,1-2H3,(H,18,19)(H3,15,16,17). The molecule has 0 bridgehead atoms. The number of nitrogens with two attached hydrogens (primary N) is 1. The summed E-state index contributed by atoms with van der Waals surface area (Å²) in [7, 11) is 1.61. The average molecular weight is 343 g/mol. The first-order chi connectivity index (χ1) is 9.51. The van der Waals surface area contributed by atoms with Gasteiger partial charge >= 0.3 is 0 Å². The van der Waals surface area contributed by atoms with Gasteiger partial charge in [0.15, 0.2) is 5.96 Å². The van der Waals surface area contributed by atoms with Crippen LogP contribution in [0.3, 0.4) is 0 Å². The van der Waals surface area contributed by atoms with Crippen molar-refractivity contribution >= 4 is 33.5 Å². The summed E-state index contributed by atoms with van der Waals surface area (Å²) in [5.74, 6) is -0.00816. The highest BCUT2D eigenvalue weighted by Gasteiger charge is 2.04. The van der Waals surface area contributed by atoms with Gasteiger partial charge in [0, 0.05) is 23.3 Å². The van der Waals surface area contributed by atoms with E-state index in [1.54, 1.807) is 13.2 Å². The number of hydrogen-bond donors (Lipinski definition) is 3. The van der Waals surface area contributed by atoms with E-state index in [1.807, 2.05) is 25.1 Å². The molecule has 1 aromatic carbocycles. The summed E-state index contributed by atoms with van der Waals surface area (Å²) < 4.78 is 5.86. The molecule has 1 rings (SSSR count). The maximum Gasteiger partial charge on any atom is 0.246 e. The maximum atomic E-state index is 11.7. The van der Waals surface area contributed by atoms with Gasteiger partial charge in [0.25, 0.3) is 0 Å². The lowest BCUT2D eigenvalue weighted by molar-refractivity contribution is -0.114. The van der Waals surface area contributed by atoms with Gasteiger partial charge in [-0.25, -0.2) is 4.99 Å². The summed E-state index contributed by atoms with van der Waals surface area (Å²) in [5.41, 5.74) is 6.37. The van der Waals surface area contributed by atoms with Crippen molar-refractivity contribution in [1.29, 1.82) is 0 Å². The zero-order chi connectivity index (χ0) is 15.0. The van der Waals surface area contributed by atoms with Gasteiger partial charge in [-0.3, -0.25) is 4.79 Å². The number of carbonyl (C=O) groups excluding carboxylic acids is 1. The molecule has 4 N–H and O–H groups in total. The monoisotopic (exact) mass is 342 g/mol. The first-order valence-electron chi connectivity index (χ1n) is 6.12. The second kappa shape index (κ2) is 8.55. The van der Waals surface area contributed by atoms with Gasteiger partial charge in [-0.15, -0.1) is 0 Å². The Balaban J connectivity index is 2.42. The number of methoxy groups -OCH3 is 1. The summed E-state index contributed by atoms with van der Waals surface area (Å²) in [6, 6.07) is 7.37. The van der Waals surface area contributed by atoms with Gasteiger partial charge in [0.1, 0.15) is 6.54 Å². The molecule has 1 atom stereocenters. The Morgan fingerprint density at radius 2 is 2.30 bits per heavy atom. The molecule has 0 aliphatic heterocycles. The Bertz CT molecular complexity index is 479. The highest BCUT2D eigenvalue weighted by atomic mass is 79.9. The zero-order valence-electron chi connectivity index (χ0n) is 11.5. The number of amides is 1. The van der Waals surface area contributed by atoms with Crippen LogP contribution in [-0.4, -0.2) is 38.2 Å². The number of anilines is 1. The highest BCUT2D eigenvalue weighted by Crippen LogP contribution is 2.15. The van der Waals surface area contributed by atoms with E-state index in [1.165, 1.54) is 0 Å². The number of benzene rings is 1. The molecule has 6 nitrogen and oxygen atoms in total. The quantitative estimate of drug-likeness (QED) is 0.537. The van der Waals surface area contributed by atoms with E-state index in [2.05, 4.69) is 31.6 Å². The van der Waals surface area contributed by atoms with Crippen molar-refractivity contribution in [3.05, 3.63) is 28.7 Å². The van der Waals surface area contributed by atoms with Gasteiger partial charge in [-0.2, -0.15) is 0 Å². The fourth-order valence-electron chi connectivity index (χ4n) is 1.51. The minimum absolute atomic E-state index is 0.0367. The molecule has 20 heavy (non-hydrogen) atoms. The van der Waals surface area contributed by atoms with E-state index in [4.69, 9.17) is 10.5 Å². The molecule has 1 amide bonds. The minimum atomic E-state index is -0.229. The van der Waals surface area contributed by atoms with E-state index in [9.17, 15) is 4.79 Å². The van der Waals surface area contributed by atoms with Crippen molar-refractivity contribution in [3.8, 4) is 0 Å². The van der Waals surface area contributed by atoms with Crippen LogP contribution in [0.2, 0.25) is 0 Å². The molecule has 0 saturated heterocycles. The average Bonchev–Trinajstić information content (AvgIpc) is 2.36. The van der Waals surface area contributed by atoms with Gasteiger partial charge in [0.05, 0.1) is 6.61 Å². The Kier molecular flexibility index (Phi) is 7.03. The lowest BCUT2D eigenvalue weighted by Gasteiger charge is -2.13. The van der Waals surface area contributed by atoms with Crippen molar-refractivity contribution in [2.24, 2.45) is 10.7 Å². The third-order valence-electron chi connectivity index (χ3n) is 2.31. The predicted molar refractivity (Wildman–Crippen MR) is 83.7 cm³/mol. The smallest absolute Gasteiger partial charge is 0.246 e. The maximum absolute atomic E-state index is 11.7. The minimum Gasteiger partial charge on any atom is -0.383 e. The molecule has 0 fully saturated rings. The number of rotatable bonds is 6. The van der Waals surface area contributed by atoms with Crippen molar-refractivity contribution < 1.29 is 9.53 Å². The number of guanidine groups is 1. The summed E-state index contributed by atoms with van der Waals surface area (Å²) in [4.78, 5) is 15.7. The normalized spacial score (nSPS) is 12.8. The fourth-order valence-corrected chi connectivity index (χ4v) is 1.91. The number of nitrogens with zero attached hydrogens (tertiary/aromatic N) is 1. The Morgan fingerprint density at radius 3 is 2.95 bits per heavy atom. The first-order valence-corrected chi connectivity index (χ1v) is 6.91. The fraction of sp³-hybridized carbons (Fsp3) is 0.385. The Morgan fingerprint density at radius 1 is 1.55 bits per heavy atom. The SMILES string of the molecule is COCC(C)NC(N)=NCC(=O)Nc1cccc(Br)c1. The molecule has 1 unspecified atom stereocenters.